The number of para-hydroxylation sites is 3. The molecule has 0 N–H and O–H groups in total. The van der Waals surface area contributed by atoms with Crippen LogP contribution in [0.25, 0.3) is 77.8 Å². The number of fused-ring (bicyclic) bond motifs is 8. The van der Waals surface area contributed by atoms with Crippen LogP contribution >= 0.6 is 0 Å². The third kappa shape index (κ3) is 3.12. The summed E-state index contributed by atoms with van der Waals surface area (Å²) in [6.45, 7) is 0. The number of hydrogen-bond acceptors (Lipinski definition) is 3. The van der Waals surface area contributed by atoms with E-state index in [9.17, 15) is 0 Å². The topological polar surface area (TPSA) is 53.5 Å². The van der Waals surface area contributed by atoms with Crippen molar-refractivity contribution in [2.75, 3.05) is 0 Å². The summed E-state index contributed by atoms with van der Waals surface area (Å²) in [5.74, 6) is 0.781. The summed E-state index contributed by atoms with van der Waals surface area (Å²) in [5, 5.41) is 4.84. The second-order valence-corrected chi connectivity index (χ2v) is 10.6. The Kier molecular flexibility index (Phi) is 4.72. The highest BCUT2D eigenvalue weighted by molar-refractivity contribution is 6.26. The molecule has 42 heavy (non-hydrogen) atoms. The lowest BCUT2D eigenvalue weighted by molar-refractivity contribution is 0.860. The third-order valence-corrected chi connectivity index (χ3v) is 8.31. The number of rotatable bonds is 3. The first-order chi connectivity index (χ1) is 20.8. The zero-order chi connectivity index (χ0) is 27.8. The average molecular weight is 541 g/mol. The maximum atomic E-state index is 5.09. The van der Waals surface area contributed by atoms with E-state index in [-0.39, 0.29) is 0 Å². The van der Waals surface area contributed by atoms with E-state index in [1.54, 1.807) is 0 Å². The monoisotopic (exact) mass is 540 g/mol. The molecule has 0 aliphatic rings. The molecule has 0 saturated heterocycles. The maximum Gasteiger partial charge on any atom is 0.218 e. The molecule has 0 unspecified atom stereocenters. The van der Waals surface area contributed by atoms with Crippen molar-refractivity contribution in [3.8, 4) is 22.9 Å². The summed E-state index contributed by atoms with van der Waals surface area (Å²) in [4.78, 5) is 14.8. The summed E-state index contributed by atoms with van der Waals surface area (Å²) >= 11 is 0. The fourth-order valence-electron chi connectivity index (χ4n) is 6.47. The van der Waals surface area contributed by atoms with Crippen molar-refractivity contribution in [3.63, 3.8) is 0 Å². The molecule has 0 saturated carbocycles. The Morgan fingerprint density at radius 2 is 1.21 bits per heavy atom. The number of nitrogens with zero attached hydrogens (tertiary/aromatic N) is 6. The summed E-state index contributed by atoms with van der Waals surface area (Å²) in [7, 11) is 2.02. The number of hydrogen-bond donors (Lipinski definition) is 0. The van der Waals surface area contributed by atoms with Crippen LogP contribution in [-0.4, -0.2) is 28.7 Å². The molecule has 6 heteroatoms. The van der Waals surface area contributed by atoms with Crippen LogP contribution in [0.15, 0.2) is 128 Å². The summed E-state index contributed by atoms with van der Waals surface area (Å²) in [5.41, 5.74) is 8.89. The maximum absolute atomic E-state index is 5.09. The zero-order valence-electron chi connectivity index (χ0n) is 22.8. The van der Waals surface area contributed by atoms with E-state index < -0.39 is 0 Å². The van der Waals surface area contributed by atoms with Crippen molar-refractivity contribution in [1.82, 2.24) is 28.7 Å². The van der Waals surface area contributed by atoms with Crippen molar-refractivity contribution in [2.45, 2.75) is 0 Å². The highest BCUT2D eigenvalue weighted by Gasteiger charge is 2.23. The van der Waals surface area contributed by atoms with Crippen LogP contribution in [0, 0.1) is 0 Å². The van der Waals surface area contributed by atoms with Gasteiger partial charge in [-0.1, -0.05) is 91.0 Å². The molecular weight excluding hydrogens is 516 g/mol. The van der Waals surface area contributed by atoms with Crippen molar-refractivity contribution < 1.29 is 0 Å². The highest BCUT2D eigenvalue weighted by Crippen LogP contribution is 2.41. The Balaban J connectivity index is 1.40. The first-order valence-corrected chi connectivity index (χ1v) is 14.0. The van der Waals surface area contributed by atoms with Crippen LogP contribution in [0.2, 0.25) is 0 Å². The van der Waals surface area contributed by atoms with E-state index in [0.717, 1.165) is 39.6 Å². The van der Waals surface area contributed by atoms with Gasteiger partial charge in [-0.05, 0) is 30.3 Å². The number of imidazole rings is 1. The number of aryl methyl sites for hydroxylation is 1. The van der Waals surface area contributed by atoms with Crippen molar-refractivity contribution in [3.05, 3.63) is 128 Å². The standard InChI is InChI=1S/C36H24N6/c1-40-35-34(38-28(22-37-35)23-12-4-2-5-13-23)39-36(40)42-30-19-11-9-17-27(30)32-31(42)21-20-26-25-16-8-10-18-29(25)41(33(26)32)24-14-6-3-7-15-24/h2-22H,1H3. The quantitative estimate of drug-likeness (QED) is 0.227. The second-order valence-electron chi connectivity index (χ2n) is 10.6. The molecule has 0 aliphatic carbocycles. The van der Waals surface area contributed by atoms with Gasteiger partial charge in [-0.3, -0.25) is 9.13 Å². The molecule has 0 bridgehead atoms. The molecular formula is C36H24N6. The van der Waals surface area contributed by atoms with Gasteiger partial charge in [0.15, 0.2) is 11.3 Å². The van der Waals surface area contributed by atoms with Crippen LogP contribution in [0.4, 0.5) is 0 Å². The Bertz CT molecular complexity index is 2460. The van der Waals surface area contributed by atoms with Crippen molar-refractivity contribution in [2.24, 2.45) is 7.05 Å². The zero-order valence-corrected chi connectivity index (χ0v) is 22.8. The van der Waals surface area contributed by atoms with Crippen molar-refractivity contribution >= 4 is 54.9 Å². The number of aromatic nitrogens is 6. The molecule has 198 valence electrons. The van der Waals surface area contributed by atoms with Crippen LogP contribution in [0.5, 0.6) is 0 Å². The van der Waals surface area contributed by atoms with Crippen LogP contribution in [-0.2, 0) is 7.05 Å². The van der Waals surface area contributed by atoms with Gasteiger partial charge in [-0.2, -0.15) is 4.98 Å². The summed E-state index contributed by atoms with van der Waals surface area (Å²) in [6.07, 6.45) is 1.83. The SMILES string of the molecule is Cn1c(-n2c3ccccc3c3c2ccc2c4ccccc4n(-c4ccccc4)c23)nc2nc(-c3ccccc3)cnc21. The molecule has 9 rings (SSSR count). The minimum absolute atomic E-state index is 0.624. The lowest BCUT2D eigenvalue weighted by Gasteiger charge is -2.09. The normalized spacial score (nSPS) is 11.9. The summed E-state index contributed by atoms with van der Waals surface area (Å²) < 4.78 is 6.69. The van der Waals surface area contributed by atoms with E-state index in [2.05, 4.69) is 100 Å². The lowest BCUT2D eigenvalue weighted by atomic mass is 10.1. The van der Waals surface area contributed by atoms with Crippen molar-refractivity contribution in [1.29, 1.82) is 0 Å². The van der Waals surface area contributed by atoms with Gasteiger partial charge in [0, 0.05) is 39.8 Å². The molecule has 5 aromatic carbocycles. The predicted octanol–water partition coefficient (Wildman–Crippen LogP) is 8.22. The number of benzene rings is 5. The molecule has 9 aromatic rings. The van der Waals surface area contributed by atoms with Gasteiger partial charge >= 0.3 is 0 Å². The van der Waals surface area contributed by atoms with Crippen LogP contribution in [0.1, 0.15) is 0 Å². The van der Waals surface area contributed by atoms with E-state index in [1.165, 1.54) is 32.6 Å². The van der Waals surface area contributed by atoms with Crippen LogP contribution in [0.3, 0.4) is 0 Å². The molecule has 4 aromatic heterocycles. The molecule has 0 spiro atoms. The highest BCUT2D eigenvalue weighted by atomic mass is 15.3. The Morgan fingerprint density at radius 3 is 2.00 bits per heavy atom. The minimum Gasteiger partial charge on any atom is -0.309 e. The summed E-state index contributed by atoms with van der Waals surface area (Å²) in [6, 6.07) is 42.5. The Morgan fingerprint density at radius 1 is 0.548 bits per heavy atom. The lowest BCUT2D eigenvalue weighted by Crippen LogP contribution is -2.03. The molecule has 0 atom stereocenters. The van der Waals surface area contributed by atoms with E-state index in [1.807, 2.05) is 48.1 Å². The van der Waals surface area contributed by atoms with Gasteiger partial charge < -0.3 is 4.57 Å². The molecule has 0 radical (unpaired) electrons. The first kappa shape index (κ1) is 23.0. The smallest absolute Gasteiger partial charge is 0.218 e. The minimum atomic E-state index is 0.624. The van der Waals surface area contributed by atoms with Crippen LogP contribution < -0.4 is 0 Å². The average Bonchev–Trinajstić information content (AvgIpc) is 3.68. The molecule has 6 nitrogen and oxygen atoms in total. The molecule has 0 amide bonds. The molecule has 0 aliphatic heterocycles. The van der Waals surface area contributed by atoms with Gasteiger partial charge in [-0.25, -0.2) is 9.97 Å². The molecule has 4 heterocycles. The van der Waals surface area contributed by atoms with Gasteiger partial charge in [0.25, 0.3) is 0 Å². The van der Waals surface area contributed by atoms with E-state index in [0.29, 0.717) is 5.65 Å². The second kappa shape index (κ2) is 8.62. The van der Waals surface area contributed by atoms with Gasteiger partial charge in [0.2, 0.25) is 5.95 Å². The Hall–Kier alpha value is -5.75. The molecule has 0 fully saturated rings. The van der Waals surface area contributed by atoms with Gasteiger partial charge in [0.1, 0.15) is 0 Å². The predicted molar refractivity (Wildman–Crippen MR) is 170 cm³/mol. The Labute approximate surface area is 240 Å². The van der Waals surface area contributed by atoms with Gasteiger partial charge in [0.05, 0.1) is 34.0 Å². The fourth-order valence-corrected chi connectivity index (χ4v) is 6.47. The first-order valence-electron chi connectivity index (χ1n) is 14.0. The third-order valence-electron chi connectivity index (χ3n) is 8.31. The largest absolute Gasteiger partial charge is 0.309 e. The van der Waals surface area contributed by atoms with E-state index >= 15 is 0 Å². The van der Waals surface area contributed by atoms with Gasteiger partial charge in [-0.15, -0.1) is 0 Å². The fraction of sp³-hybridized carbons (Fsp3) is 0.0278. The van der Waals surface area contributed by atoms with E-state index in [4.69, 9.17) is 15.0 Å².